The molecule has 3 unspecified atom stereocenters. The number of piperazine rings is 1. The van der Waals surface area contributed by atoms with Gasteiger partial charge in [0, 0.05) is 64.1 Å². The van der Waals surface area contributed by atoms with Crippen LogP contribution in [0.5, 0.6) is 0 Å². The van der Waals surface area contributed by atoms with Gasteiger partial charge in [0.15, 0.2) is 5.96 Å². The van der Waals surface area contributed by atoms with Crippen LogP contribution < -0.4 is 5.32 Å². The minimum Gasteiger partial charge on any atom is -0.352 e. The second kappa shape index (κ2) is 9.98. The Hall–Kier alpha value is -0.830. The quantitative estimate of drug-likeness (QED) is 0.373. The third kappa shape index (κ3) is 4.60. The molecule has 0 aromatic carbocycles. The predicted octanol–water partition coefficient (Wildman–Crippen LogP) is 3.04. The Kier molecular flexibility index (Phi) is 7.87. The third-order valence-electron chi connectivity index (χ3n) is 7.45. The summed E-state index contributed by atoms with van der Waals surface area (Å²) in [6, 6.07) is 0.866. The molecule has 3 aliphatic rings. The summed E-state index contributed by atoms with van der Waals surface area (Å²) in [7, 11) is 3.97. The van der Waals surface area contributed by atoms with Crippen LogP contribution in [0.1, 0.15) is 56.5 Å². The smallest absolute Gasteiger partial charge is 0.194 e. The van der Waals surface area contributed by atoms with Crippen molar-refractivity contribution in [1.29, 1.82) is 0 Å². The van der Waals surface area contributed by atoms with Gasteiger partial charge in [-0.15, -0.1) is 24.0 Å². The van der Waals surface area contributed by atoms with Crippen molar-refractivity contribution >= 4 is 29.9 Å². The lowest BCUT2D eigenvalue weighted by Crippen LogP contribution is -2.55. The van der Waals surface area contributed by atoms with Crippen molar-refractivity contribution in [3.63, 3.8) is 0 Å². The zero-order valence-corrected chi connectivity index (χ0v) is 21.0. The first-order valence-corrected chi connectivity index (χ1v) is 11.4. The number of hydrogen-bond donors (Lipinski definition) is 1. The highest BCUT2D eigenvalue weighted by Crippen LogP contribution is 2.46. The number of nitrogens with one attached hydrogen (secondary N) is 1. The van der Waals surface area contributed by atoms with Crippen LogP contribution in [0.15, 0.2) is 4.99 Å². The minimum absolute atomic E-state index is 0. The molecule has 1 aromatic rings. The van der Waals surface area contributed by atoms with E-state index in [1.54, 1.807) is 0 Å². The Bertz CT molecular complexity index is 706. The lowest BCUT2D eigenvalue weighted by molar-refractivity contribution is 0.0958. The number of aryl methyl sites for hydroxylation is 2. The zero-order chi connectivity index (χ0) is 19.7. The highest BCUT2D eigenvalue weighted by molar-refractivity contribution is 14.0. The number of halogens is 1. The average Bonchev–Trinajstić information content (AvgIpc) is 3.43. The van der Waals surface area contributed by atoms with E-state index in [2.05, 4.69) is 41.0 Å². The lowest BCUT2D eigenvalue weighted by atomic mass is 9.93. The van der Waals surface area contributed by atoms with Gasteiger partial charge >= 0.3 is 0 Å². The average molecular weight is 515 g/mol. The second-order valence-corrected chi connectivity index (χ2v) is 8.87. The van der Waals surface area contributed by atoms with Crippen LogP contribution in [-0.2, 0) is 26.4 Å². The Morgan fingerprint density at radius 3 is 2.41 bits per heavy atom. The van der Waals surface area contributed by atoms with Gasteiger partial charge < -0.3 is 10.2 Å². The van der Waals surface area contributed by atoms with Gasteiger partial charge in [0.1, 0.15) is 0 Å². The highest BCUT2D eigenvalue weighted by atomic mass is 127. The van der Waals surface area contributed by atoms with Crippen LogP contribution >= 0.6 is 24.0 Å². The first kappa shape index (κ1) is 22.8. The molecule has 2 aliphatic carbocycles. The number of hydrogen-bond acceptors (Lipinski definition) is 3. The van der Waals surface area contributed by atoms with Gasteiger partial charge in [0.25, 0.3) is 0 Å². The zero-order valence-electron chi connectivity index (χ0n) is 18.7. The monoisotopic (exact) mass is 514 g/mol. The van der Waals surface area contributed by atoms with Crippen molar-refractivity contribution in [3.05, 3.63) is 17.0 Å². The maximum Gasteiger partial charge on any atom is 0.194 e. The normalized spacial score (nSPS) is 27.4. The van der Waals surface area contributed by atoms with Crippen molar-refractivity contribution in [2.75, 3.05) is 33.2 Å². The first-order chi connectivity index (χ1) is 13.6. The van der Waals surface area contributed by atoms with Crippen molar-refractivity contribution in [3.8, 4) is 0 Å². The van der Waals surface area contributed by atoms with Crippen molar-refractivity contribution < 1.29 is 0 Å². The molecule has 1 saturated heterocycles. The van der Waals surface area contributed by atoms with E-state index in [9.17, 15) is 0 Å². The van der Waals surface area contributed by atoms with Crippen molar-refractivity contribution in [1.82, 2.24) is 24.9 Å². The van der Waals surface area contributed by atoms with Gasteiger partial charge in [0.05, 0.1) is 5.69 Å². The summed E-state index contributed by atoms with van der Waals surface area (Å²) in [5, 5.41) is 8.34. The standard InChI is InChI=1S/C22H38N6.HI/c1-5-19-18(20(6-2)26(4)25-19)15-24-22(23-3)28-11-9-27(10-12-28)21-14-16-7-8-17(21)13-16;/h16-17,21H,5-15H2,1-4H3,(H,23,24);1H. The Morgan fingerprint density at radius 2 is 1.86 bits per heavy atom. The molecular formula is C22H39IN6. The molecule has 6 nitrogen and oxygen atoms in total. The number of nitrogens with zero attached hydrogens (tertiary/aromatic N) is 5. The molecule has 1 aliphatic heterocycles. The SMILES string of the molecule is CCc1nn(C)c(CC)c1CNC(=NC)N1CCN(C2CC3CCC2C3)CC1.I. The maximum atomic E-state index is 4.71. The van der Waals surface area contributed by atoms with Gasteiger partial charge in [0.2, 0.25) is 0 Å². The van der Waals surface area contributed by atoms with E-state index in [1.165, 1.54) is 55.7 Å². The number of aliphatic imine (C=N–C) groups is 1. The molecule has 3 atom stereocenters. The molecule has 2 saturated carbocycles. The number of fused-ring (bicyclic) bond motifs is 2. The summed E-state index contributed by atoms with van der Waals surface area (Å²) in [5.41, 5.74) is 3.90. The molecule has 29 heavy (non-hydrogen) atoms. The highest BCUT2D eigenvalue weighted by Gasteiger charge is 2.42. The summed E-state index contributed by atoms with van der Waals surface area (Å²) in [5.74, 6) is 3.06. The van der Waals surface area contributed by atoms with E-state index in [0.717, 1.165) is 56.3 Å². The summed E-state index contributed by atoms with van der Waals surface area (Å²) in [4.78, 5) is 9.81. The number of guanidine groups is 1. The van der Waals surface area contributed by atoms with E-state index in [-0.39, 0.29) is 24.0 Å². The molecule has 0 amide bonds. The Balaban J connectivity index is 0.00000240. The topological polar surface area (TPSA) is 48.7 Å². The summed E-state index contributed by atoms with van der Waals surface area (Å²) >= 11 is 0. The van der Waals surface area contributed by atoms with Gasteiger partial charge in [-0.25, -0.2) is 0 Å². The molecule has 164 valence electrons. The van der Waals surface area contributed by atoms with Crippen LogP contribution in [0.25, 0.3) is 0 Å². The minimum atomic E-state index is 0. The van der Waals surface area contributed by atoms with E-state index in [4.69, 9.17) is 5.10 Å². The van der Waals surface area contributed by atoms with E-state index in [0.29, 0.717) is 0 Å². The molecule has 3 fully saturated rings. The van der Waals surface area contributed by atoms with Crippen molar-refractivity contribution in [2.24, 2.45) is 23.9 Å². The maximum absolute atomic E-state index is 4.71. The van der Waals surface area contributed by atoms with Gasteiger partial charge in [-0.1, -0.05) is 20.3 Å². The second-order valence-electron chi connectivity index (χ2n) is 8.87. The summed E-state index contributed by atoms with van der Waals surface area (Å²) in [6.07, 6.45) is 7.92. The van der Waals surface area contributed by atoms with E-state index in [1.807, 2.05) is 11.7 Å². The molecule has 0 radical (unpaired) electrons. The van der Waals surface area contributed by atoms with Gasteiger partial charge in [-0.05, 0) is 43.9 Å². The number of rotatable bonds is 5. The lowest BCUT2D eigenvalue weighted by Gasteiger charge is -2.42. The van der Waals surface area contributed by atoms with Crippen LogP contribution in [-0.4, -0.2) is 64.8 Å². The Labute approximate surface area is 193 Å². The fraction of sp³-hybridized carbons (Fsp3) is 0.818. The van der Waals surface area contributed by atoms with Crippen LogP contribution in [0, 0.1) is 11.8 Å². The van der Waals surface area contributed by atoms with Crippen LogP contribution in [0.3, 0.4) is 0 Å². The first-order valence-electron chi connectivity index (χ1n) is 11.4. The van der Waals surface area contributed by atoms with Gasteiger partial charge in [-0.2, -0.15) is 5.10 Å². The Morgan fingerprint density at radius 1 is 1.10 bits per heavy atom. The predicted molar refractivity (Wildman–Crippen MR) is 130 cm³/mol. The summed E-state index contributed by atoms with van der Waals surface area (Å²) < 4.78 is 2.05. The fourth-order valence-corrected chi connectivity index (χ4v) is 6.02. The van der Waals surface area contributed by atoms with E-state index >= 15 is 0 Å². The third-order valence-corrected chi connectivity index (χ3v) is 7.45. The van der Waals surface area contributed by atoms with Gasteiger partial charge in [-0.3, -0.25) is 14.6 Å². The number of aromatic nitrogens is 2. The molecule has 1 N–H and O–H groups in total. The molecule has 4 rings (SSSR count). The van der Waals surface area contributed by atoms with Crippen molar-refractivity contribution in [2.45, 2.75) is 65.0 Å². The molecule has 1 aromatic heterocycles. The molecule has 2 heterocycles. The van der Waals surface area contributed by atoms with Crippen LogP contribution in [0.2, 0.25) is 0 Å². The largest absolute Gasteiger partial charge is 0.352 e. The molecule has 2 bridgehead atoms. The fourth-order valence-electron chi connectivity index (χ4n) is 6.02. The van der Waals surface area contributed by atoms with E-state index < -0.39 is 0 Å². The molecular weight excluding hydrogens is 475 g/mol. The summed E-state index contributed by atoms with van der Waals surface area (Å²) in [6.45, 7) is 9.76. The molecule has 7 heteroatoms. The molecule has 0 spiro atoms. The van der Waals surface area contributed by atoms with Crippen LogP contribution in [0.4, 0.5) is 0 Å².